The molecule has 25 heavy (non-hydrogen) atoms. The van der Waals surface area contributed by atoms with Gasteiger partial charge < -0.3 is 16.0 Å². The molecule has 0 saturated carbocycles. The molecule has 0 aliphatic rings. The predicted molar refractivity (Wildman–Crippen MR) is 104 cm³/mol. The standard InChI is InChI=1S/C21H19N3O/c1-2-13-10-15(22)11-18-17-12-16(8-9-19(17)24-20(13)18)23-21(25)14-6-4-3-5-7-14/h3-12,24H,2,22H2,1H3,(H,23,25). The smallest absolute Gasteiger partial charge is 0.255 e. The van der Waals surface area contributed by atoms with Gasteiger partial charge in [0.15, 0.2) is 0 Å². The van der Waals surface area contributed by atoms with Crippen molar-refractivity contribution in [1.29, 1.82) is 0 Å². The van der Waals surface area contributed by atoms with Crippen molar-refractivity contribution in [2.45, 2.75) is 13.3 Å². The number of nitrogens with two attached hydrogens (primary N) is 1. The fourth-order valence-corrected chi connectivity index (χ4v) is 3.25. The predicted octanol–water partition coefficient (Wildman–Crippen LogP) is 4.72. The van der Waals surface area contributed by atoms with E-state index in [0.717, 1.165) is 39.6 Å². The molecule has 124 valence electrons. The largest absolute Gasteiger partial charge is 0.399 e. The topological polar surface area (TPSA) is 70.9 Å². The van der Waals surface area contributed by atoms with E-state index in [-0.39, 0.29) is 5.91 Å². The van der Waals surface area contributed by atoms with Crippen LogP contribution in [0.15, 0.2) is 60.7 Å². The van der Waals surface area contributed by atoms with E-state index in [0.29, 0.717) is 5.56 Å². The van der Waals surface area contributed by atoms with Crippen LogP contribution in [-0.2, 0) is 6.42 Å². The average molecular weight is 329 g/mol. The maximum Gasteiger partial charge on any atom is 0.255 e. The minimum Gasteiger partial charge on any atom is -0.399 e. The van der Waals surface area contributed by atoms with Crippen molar-refractivity contribution in [1.82, 2.24) is 4.98 Å². The number of nitrogens with one attached hydrogen (secondary N) is 2. The molecule has 4 aromatic rings. The van der Waals surface area contributed by atoms with Gasteiger partial charge in [-0.2, -0.15) is 0 Å². The second-order valence-electron chi connectivity index (χ2n) is 6.16. The van der Waals surface area contributed by atoms with Gasteiger partial charge in [0, 0.05) is 38.7 Å². The Morgan fingerprint density at radius 2 is 1.84 bits per heavy atom. The fraction of sp³-hybridized carbons (Fsp3) is 0.0952. The van der Waals surface area contributed by atoms with E-state index in [2.05, 4.69) is 17.2 Å². The summed E-state index contributed by atoms with van der Waals surface area (Å²) in [6.45, 7) is 2.12. The van der Waals surface area contributed by atoms with Crippen LogP contribution in [0.3, 0.4) is 0 Å². The molecule has 1 heterocycles. The summed E-state index contributed by atoms with van der Waals surface area (Å²) in [6, 6.07) is 19.1. The van der Waals surface area contributed by atoms with Gasteiger partial charge in [-0.3, -0.25) is 4.79 Å². The Labute approximate surface area is 145 Å². The molecule has 0 aliphatic heterocycles. The first-order valence-electron chi connectivity index (χ1n) is 8.36. The van der Waals surface area contributed by atoms with Crippen LogP contribution >= 0.6 is 0 Å². The van der Waals surface area contributed by atoms with E-state index in [9.17, 15) is 4.79 Å². The number of benzene rings is 3. The molecule has 0 saturated heterocycles. The first kappa shape index (κ1) is 15.3. The highest BCUT2D eigenvalue weighted by Crippen LogP contribution is 2.32. The first-order valence-corrected chi connectivity index (χ1v) is 8.36. The number of aromatic amines is 1. The maximum atomic E-state index is 12.4. The quantitative estimate of drug-likeness (QED) is 0.476. The van der Waals surface area contributed by atoms with Crippen LogP contribution in [0, 0.1) is 0 Å². The number of amides is 1. The molecule has 0 unspecified atom stereocenters. The normalized spacial score (nSPS) is 11.1. The molecule has 0 bridgehead atoms. The maximum absolute atomic E-state index is 12.4. The molecule has 0 fully saturated rings. The second kappa shape index (κ2) is 5.98. The van der Waals surface area contributed by atoms with E-state index in [1.807, 2.05) is 48.5 Å². The minimum absolute atomic E-state index is 0.117. The molecule has 0 atom stereocenters. The Balaban J connectivity index is 1.78. The van der Waals surface area contributed by atoms with Gasteiger partial charge in [-0.05, 0) is 54.4 Å². The van der Waals surface area contributed by atoms with Crippen molar-refractivity contribution in [3.05, 3.63) is 71.8 Å². The number of rotatable bonds is 3. The lowest BCUT2D eigenvalue weighted by molar-refractivity contribution is 0.102. The van der Waals surface area contributed by atoms with Crippen molar-refractivity contribution >= 4 is 39.1 Å². The van der Waals surface area contributed by atoms with Crippen molar-refractivity contribution in [2.75, 3.05) is 11.1 Å². The molecule has 0 aliphatic carbocycles. The Bertz CT molecular complexity index is 1080. The highest BCUT2D eigenvalue weighted by Gasteiger charge is 2.11. The molecular formula is C21H19N3O. The summed E-state index contributed by atoms with van der Waals surface area (Å²) in [7, 11) is 0. The summed E-state index contributed by atoms with van der Waals surface area (Å²) in [5.74, 6) is -0.117. The summed E-state index contributed by atoms with van der Waals surface area (Å²) in [6.07, 6.45) is 0.909. The highest BCUT2D eigenvalue weighted by atomic mass is 16.1. The number of hydrogen-bond donors (Lipinski definition) is 3. The Kier molecular flexibility index (Phi) is 3.65. The van der Waals surface area contributed by atoms with Gasteiger partial charge in [-0.15, -0.1) is 0 Å². The van der Waals surface area contributed by atoms with Gasteiger partial charge in [0.05, 0.1) is 0 Å². The summed E-state index contributed by atoms with van der Waals surface area (Å²) in [5.41, 5.74) is 11.6. The number of aromatic nitrogens is 1. The van der Waals surface area contributed by atoms with Crippen molar-refractivity contribution in [3.63, 3.8) is 0 Å². The lowest BCUT2D eigenvalue weighted by atomic mass is 10.1. The van der Waals surface area contributed by atoms with Gasteiger partial charge in [0.2, 0.25) is 0 Å². The van der Waals surface area contributed by atoms with Gasteiger partial charge >= 0.3 is 0 Å². The van der Waals surface area contributed by atoms with E-state index < -0.39 is 0 Å². The Morgan fingerprint density at radius 1 is 1.04 bits per heavy atom. The number of hydrogen-bond acceptors (Lipinski definition) is 2. The highest BCUT2D eigenvalue weighted by molar-refractivity contribution is 6.12. The SMILES string of the molecule is CCc1cc(N)cc2c1[nH]c1ccc(NC(=O)c3ccccc3)cc12. The summed E-state index contributed by atoms with van der Waals surface area (Å²) >= 11 is 0. The molecule has 1 amide bonds. The van der Waals surface area contributed by atoms with Gasteiger partial charge in [-0.25, -0.2) is 0 Å². The number of H-pyrrole nitrogens is 1. The number of fused-ring (bicyclic) bond motifs is 3. The third-order valence-electron chi connectivity index (χ3n) is 4.49. The monoisotopic (exact) mass is 329 g/mol. The van der Waals surface area contributed by atoms with Crippen LogP contribution in [0.1, 0.15) is 22.8 Å². The van der Waals surface area contributed by atoms with Crippen molar-refractivity contribution < 1.29 is 4.79 Å². The molecule has 0 radical (unpaired) electrons. The zero-order valence-corrected chi connectivity index (χ0v) is 14.0. The van der Waals surface area contributed by atoms with Gasteiger partial charge in [0.1, 0.15) is 0 Å². The Morgan fingerprint density at radius 3 is 2.60 bits per heavy atom. The van der Waals surface area contributed by atoms with Crippen molar-refractivity contribution in [3.8, 4) is 0 Å². The minimum atomic E-state index is -0.117. The van der Waals surface area contributed by atoms with Crippen LogP contribution in [0.2, 0.25) is 0 Å². The molecular weight excluding hydrogens is 310 g/mol. The molecule has 4 rings (SSSR count). The fourth-order valence-electron chi connectivity index (χ4n) is 3.25. The number of anilines is 2. The third kappa shape index (κ3) is 2.72. The first-order chi connectivity index (χ1) is 12.2. The number of carbonyl (C=O) groups excluding carboxylic acids is 1. The van der Waals surface area contributed by atoms with Crippen LogP contribution in [-0.4, -0.2) is 10.9 Å². The average Bonchev–Trinajstić information content (AvgIpc) is 2.99. The van der Waals surface area contributed by atoms with Gasteiger partial charge in [0.25, 0.3) is 5.91 Å². The van der Waals surface area contributed by atoms with Crippen LogP contribution < -0.4 is 11.1 Å². The second-order valence-corrected chi connectivity index (χ2v) is 6.16. The van der Waals surface area contributed by atoms with Crippen LogP contribution in [0.25, 0.3) is 21.8 Å². The number of nitrogen functional groups attached to an aromatic ring is 1. The van der Waals surface area contributed by atoms with E-state index in [4.69, 9.17) is 5.73 Å². The molecule has 4 nitrogen and oxygen atoms in total. The van der Waals surface area contributed by atoms with Crippen molar-refractivity contribution in [2.24, 2.45) is 0 Å². The molecule has 1 aromatic heterocycles. The van der Waals surface area contributed by atoms with E-state index in [1.165, 1.54) is 5.56 Å². The third-order valence-corrected chi connectivity index (χ3v) is 4.49. The van der Waals surface area contributed by atoms with E-state index >= 15 is 0 Å². The van der Waals surface area contributed by atoms with Crippen LogP contribution in [0.4, 0.5) is 11.4 Å². The lowest BCUT2D eigenvalue weighted by Gasteiger charge is -2.05. The molecule has 0 spiro atoms. The zero-order valence-electron chi connectivity index (χ0n) is 14.0. The number of carbonyl (C=O) groups is 1. The number of aryl methyl sites for hydroxylation is 1. The molecule has 3 aromatic carbocycles. The van der Waals surface area contributed by atoms with Crippen LogP contribution in [0.5, 0.6) is 0 Å². The summed E-state index contributed by atoms with van der Waals surface area (Å²) in [5, 5.41) is 5.11. The molecule has 4 N–H and O–H groups in total. The zero-order chi connectivity index (χ0) is 17.4. The summed E-state index contributed by atoms with van der Waals surface area (Å²) < 4.78 is 0. The van der Waals surface area contributed by atoms with Gasteiger partial charge in [-0.1, -0.05) is 25.1 Å². The lowest BCUT2D eigenvalue weighted by Crippen LogP contribution is -2.11. The molecule has 4 heteroatoms. The summed E-state index contributed by atoms with van der Waals surface area (Å²) in [4.78, 5) is 15.8. The van der Waals surface area contributed by atoms with E-state index in [1.54, 1.807) is 12.1 Å². The Hall–Kier alpha value is -3.27.